The molecule has 6 nitrogen and oxygen atoms in total. The standard InChI is InChI=1S/C22H20N4O2S/c1-28-15-11-9-14(10-12-15)13-20(27)24-21-16-5-4-7-17(16)25-26(21)22-23-18-6-2-3-8-19(18)29-22/h2-3,6,8-12H,4-5,7,13H2,1H3,(H,24,27). The lowest BCUT2D eigenvalue weighted by molar-refractivity contribution is -0.115. The third kappa shape index (κ3) is 3.38. The molecule has 0 saturated heterocycles. The molecule has 2 heterocycles. The fraction of sp³-hybridized carbons (Fsp3) is 0.227. The van der Waals surface area contributed by atoms with Gasteiger partial charge in [0.2, 0.25) is 11.0 Å². The van der Waals surface area contributed by atoms with Crippen LogP contribution in [-0.4, -0.2) is 27.8 Å². The van der Waals surface area contributed by atoms with E-state index < -0.39 is 0 Å². The maximum absolute atomic E-state index is 12.8. The molecule has 7 heteroatoms. The van der Waals surface area contributed by atoms with Gasteiger partial charge < -0.3 is 10.1 Å². The largest absolute Gasteiger partial charge is 0.497 e. The summed E-state index contributed by atoms with van der Waals surface area (Å²) >= 11 is 1.58. The first-order valence-electron chi connectivity index (χ1n) is 9.61. The Hall–Kier alpha value is -3.19. The quantitative estimate of drug-likeness (QED) is 0.542. The third-order valence-corrected chi connectivity index (χ3v) is 6.16. The Bertz CT molecular complexity index is 1160. The second kappa shape index (κ2) is 7.33. The van der Waals surface area contributed by atoms with Crippen molar-refractivity contribution in [2.45, 2.75) is 25.7 Å². The Morgan fingerprint density at radius 3 is 2.79 bits per heavy atom. The van der Waals surface area contributed by atoms with Crippen LogP contribution in [0.15, 0.2) is 48.5 Å². The van der Waals surface area contributed by atoms with Gasteiger partial charge in [0.1, 0.15) is 11.6 Å². The van der Waals surface area contributed by atoms with Crippen LogP contribution in [0, 0.1) is 0 Å². The first kappa shape index (κ1) is 17.9. The Labute approximate surface area is 172 Å². The van der Waals surface area contributed by atoms with Crippen molar-refractivity contribution in [2.75, 3.05) is 12.4 Å². The Morgan fingerprint density at radius 2 is 2.00 bits per heavy atom. The number of para-hydroxylation sites is 1. The normalized spacial score (nSPS) is 12.9. The van der Waals surface area contributed by atoms with Crippen LogP contribution in [0.25, 0.3) is 15.3 Å². The van der Waals surface area contributed by atoms with E-state index in [9.17, 15) is 4.79 Å². The highest BCUT2D eigenvalue weighted by molar-refractivity contribution is 7.20. The smallest absolute Gasteiger partial charge is 0.229 e. The summed E-state index contributed by atoms with van der Waals surface area (Å²) in [4.78, 5) is 17.5. The number of anilines is 1. The monoisotopic (exact) mass is 404 g/mol. The number of hydrogen-bond donors (Lipinski definition) is 1. The molecule has 2 aromatic heterocycles. The van der Waals surface area contributed by atoms with Gasteiger partial charge in [-0.3, -0.25) is 4.79 Å². The van der Waals surface area contributed by atoms with Gasteiger partial charge in [0, 0.05) is 5.56 Å². The Balaban J connectivity index is 1.45. The molecule has 1 amide bonds. The molecular formula is C22H20N4O2S. The van der Waals surface area contributed by atoms with E-state index in [0.29, 0.717) is 6.42 Å². The van der Waals surface area contributed by atoms with Gasteiger partial charge in [0.05, 0.1) is 29.4 Å². The predicted octanol–water partition coefficient (Wildman–Crippen LogP) is 4.16. The van der Waals surface area contributed by atoms with Crippen LogP contribution in [0.4, 0.5) is 5.82 Å². The molecule has 1 N–H and O–H groups in total. The van der Waals surface area contributed by atoms with Crippen molar-refractivity contribution in [2.24, 2.45) is 0 Å². The first-order valence-corrected chi connectivity index (χ1v) is 10.4. The van der Waals surface area contributed by atoms with E-state index in [1.165, 1.54) is 0 Å². The predicted molar refractivity (Wildman–Crippen MR) is 114 cm³/mol. The van der Waals surface area contributed by atoms with E-state index >= 15 is 0 Å². The average molecular weight is 404 g/mol. The summed E-state index contributed by atoms with van der Waals surface area (Å²) in [6, 6.07) is 15.6. The zero-order valence-corrected chi connectivity index (χ0v) is 16.8. The van der Waals surface area contributed by atoms with Gasteiger partial charge in [0.25, 0.3) is 0 Å². The van der Waals surface area contributed by atoms with Crippen LogP contribution in [0.3, 0.4) is 0 Å². The number of aryl methyl sites for hydroxylation is 1. The van der Waals surface area contributed by atoms with Crippen LogP contribution in [-0.2, 0) is 24.1 Å². The minimum Gasteiger partial charge on any atom is -0.497 e. The van der Waals surface area contributed by atoms with Crippen molar-refractivity contribution in [3.05, 3.63) is 65.4 Å². The number of methoxy groups -OCH3 is 1. The van der Waals surface area contributed by atoms with E-state index in [1.807, 2.05) is 42.5 Å². The van der Waals surface area contributed by atoms with Crippen molar-refractivity contribution in [3.63, 3.8) is 0 Å². The van der Waals surface area contributed by atoms with Crippen LogP contribution in [0.1, 0.15) is 23.2 Å². The topological polar surface area (TPSA) is 69.0 Å². The molecule has 1 aliphatic carbocycles. The van der Waals surface area contributed by atoms with Crippen LogP contribution >= 0.6 is 11.3 Å². The lowest BCUT2D eigenvalue weighted by Gasteiger charge is -2.09. The van der Waals surface area contributed by atoms with Crippen molar-refractivity contribution in [3.8, 4) is 10.9 Å². The third-order valence-electron chi connectivity index (χ3n) is 5.15. The molecule has 0 saturated carbocycles. The summed E-state index contributed by atoms with van der Waals surface area (Å²) in [5.74, 6) is 1.48. The summed E-state index contributed by atoms with van der Waals surface area (Å²) in [7, 11) is 1.63. The second-order valence-electron chi connectivity index (χ2n) is 7.08. The first-order chi connectivity index (χ1) is 14.2. The molecule has 5 rings (SSSR count). The highest BCUT2D eigenvalue weighted by Crippen LogP contribution is 2.33. The summed E-state index contributed by atoms with van der Waals surface area (Å²) in [6.45, 7) is 0. The summed E-state index contributed by atoms with van der Waals surface area (Å²) < 4.78 is 8.09. The molecular weight excluding hydrogens is 384 g/mol. The molecule has 0 spiro atoms. The van der Waals surface area contributed by atoms with Crippen LogP contribution < -0.4 is 10.1 Å². The molecule has 29 heavy (non-hydrogen) atoms. The number of hydrogen-bond acceptors (Lipinski definition) is 5. The number of aromatic nitrogens is 3. The lowest BCUT2D eigenvalue weighted by atomic mass is 10.1. The van der Waals surface area contributed by atoms with Crippen LogP contribution in [0.5, 0.6) is 5.75 Å². The minimum atomic E-state index is -0.0628. The number of amides is 1. The van der Waals surface area contributed by atoms with Gasteiger partial charge in [-0.25, -0.2) is 4.98 Å². The zero-order chi connectivity index (χ0) is 19.8. The molecule has 146 valence electrons. The highest BCUT2D eigenvalue weighted by Gasteiger charge is 2.25. The number of carbonyl (C=O) groups excluding carboxylic acids is 1. The fourth-order valence-electron chi connectivity index (χ4n) is 3.71. The minimum absolute atomic E-state index is 0.0628. The lowest BCUT2D eigenvalue weighted by Crippen LogP contribution is -2.18. The Morgan fingerprint density at radius 1 is 1.17 bits per heavy atom. The summed E-state index contributed by atoms with van der Waals surface area (Å²) in [5.41, 5.74) is 4.07. The summed E-state index contributed by atoms with van der Waals surface area (Å²) in [5, 5.41) is 8.66. The number of rotatable bonds is 5. The fourth-order valence-corrected chi connectivity index (χ4v) is 4.64. The van der Waals surface area contributed by atoms with Gasteiger partial charge in [-0.05, 0) is 49.1 Å². The molecule has 4 aromatic rings. The van der Waals surface area contributed by atoms with Gasteiger partial charge in [-0.1, -0.05) is 35.6 Å². The van der Waals surface area contributed by atoms with E-state index in [-0.39, 0.29) is 5.91 Å². The number of nitrogens with one attached hydrogen (secondary N) is 1. The van der Waals surface area contributed by atoms with Crippen molar-refractivity contribution >= 4 is 33.3 Å². The number of fused-ring (bicyclic) bond motifs is 2. The molecule has 0 fully saturated rings. The van der Waals surface area contributed by atoms with E-state index in [1.54, 1.807) is 23.1 Å². The number of nitrogens with zero attached hydrogens (tertiary/aromatic N) is 3. The van der Waals surface area contributed by atoms with Gasteiger partial charge >= 0.3 is 0 Å². The van der Waals surface area contributed by atoms with Crippen molar-refractivity contribution < 1.29 is 9.53 Å². The van der Waals surface area contributed by atoms with Gasteiger partial charge in [0.15, 0.2) is 0 Å². The van der Waals surface area contributed by atoms with Crippen molar-refractivity contribution in [1.29, 1.82) is 0 Å². The molecule has 0 unspecified atom stereocenters. The van der Waals surface area contributed by atoms with Gasteiger partial charge in [-0.15, -0.1) is 0 Å². The molecule has 2 aromatic carbocycles. The van der Waals surface area contributed by atoms with E-state index in [0.717, 1.165) is 63.0 Å². The molecule has 0 aliphatic heterocycles. The van der Waals surface area contributed by atoms with Gasteiger partial charge in [-0.2, -0.15) is 9.78 Å². The number of thiazole rings is 1. The Kier molecular flexibility index (Phi) is 4.52. The number of ether oxygens (including phenoxy) is 1. The van der Waals surface area contributed by atoms with E-state index in [2.05, 4.69) is 11.4 Å². The zero-order valence-electron chi connectivity index (χ0n) is 16.0. The van der Waals surface area contributed by atoms with Crippen LogP contribution in [0.2, 0.25) is 0 Å². The molecule has 0 radical (unpaired) electrons. The second-order valence-corrected chi connectivity index (χ2v) is 8.09. The SMILES string of the molecule is COc1ccc(CC(=O)Nc2c3c(nn2-c2nc4ccccc4s2)CCC3)cc1. The molecule has 0 bridgehead atoms. The summed E-state index contributed by atoms with van der Waals surface area (Å²) in [6.07, 6.45) is 3.23. The molecule has 0 atom stereocenters. The highest BCUT2D eigenvalue weighted by atomic mass is 32.1. The number of carbonyl (C=O) groups is 1. The average Bonchev–Trinajstić information content (AvgIpc) is 3.43. The van der Waals surface area contributed by atoms with E-state index in [4.69, 9.17) is 14.8 Å². The van der Waals surface area contributed by atoms with Crippen molar-refractivity contribution in [1.82, 2.24) is 14.8 Å². The maximum Gasteiger partial charge on any atom is 0.229 e. The maximum atomic E-state index is 12.8. The molecule has 1 aliphatic rings. The number of benzene rings is 2.